The minimum Gasteiger partial charge on any atom is -0.393 e. The molecule has 1 aromatic rings. The van der Waals surface area contributed by atoms with E-state index in [1.807, 2.05) is 4.84 Å². The number of halogens is 2. The molecule has 1 aliphatic heterocycles. The third-order valence-corrected chi connectivity index (χ3v) is 3.48. The van der Waals surface area contributed by atoms with E-state index in [-0.39, 0.29) is 12.4 Å². The first-order valence-electron chi connectivity index (χ1n) is 4.69. The Bertz CT molecular complexity index is 472. The molecule has 0 bridgehead atoms. The van der Waals surface area contributed by atoms with E-state index in [1.165, 1.54) is 11.8 Å². The van der Waals surface area contributed by atoms with Crippen molar-refractivity contribution in [2.45, 2.75) is 11.7 Å². The fourth-order valence-electron chi connectivity index (χ4n) is 1.40. The van der Waals surface area contributed by atoms with Crippen LogP contribution in [0.15, 0.2) is 11.0 Å². The van der Waals surface area contributed by atoms with Crippen LogP contribution in [-0.4, -0.2) is 32.5 Å². The number of anilines is 1. The minimum atomic E-state index is -0.749. The van der Waals surface area contributed by atoms with Gasteiger partial charge in [0.25, 0.3) is 0 Å². The molecule has 1 unspecified atom stereocenters. The first kappa shape index (κ1) is 12.6. The summed E-state index contributed by atoms with van der Waals surface area (Å²) in [6.07, 6.45) is 0.349. The molecule has 0 amide bonds. The lowest BCUT2D eigenvalue weighted by atomic mass is 10.5. The van der Waals surface area contributed by atoms with Crippen LogP contribution >= 0.6 is 23.5 Å². The fourth-order valence-corrected chi connectivity index (χ4v) is 2.47. The van der Waals surface area contributed by atoms with Crippen LogP contribution in [0.4, 0.5) is 10.2 Å². The van der Waals surface area contributed by atoms with Crippen molar-refractivity contribution in [3.8, 4) is 0 Å². The zero-order chi connectivity index (χ0) is 12.4. The first-order chi connectivity index (χ1) is 8.15. The van der Waals surface area contributed by atoms with Crippen LogP contribution in [0.2, 0.25) is 0 Å². The Morgan fingerprint density at radius 3 is 3.18 bits per heavy atom. The fraction of sp³-hybridized carbons (Fsp3) is 0.500. The Morgan fingerprint density at radius 1 is 1.82 bits per heavy atom. The Hall–Kier alpha value is -0.830. The zero-order valence-electron chi connectivity index (χ0n) is 8.47. The van der Waals surface area contributed by atoms with Gasteiger partial charge in [-0.2, -0.15) is 4.98 Å². The maximum atomic E-state index is 13.4. The largest absolute Gasteiger partial charge is 0.393 e. The second-order valence-electron chi connectivity index (χ2n) is 3.26. The Balaban J connectivity index is 2.28. The van der Waals surface area contributed by atoms with Crippen molar-refractivity contribution in [3.63, 3.8) is 0 Å². The van der Waals surface area contributed by atoms with E-state index in [2.05, 4.69) is 4.98 Å². The van der Waals surface area contributed by atoms with Crippen molar-refractivity contribution in [1.82, 2.24) is 9.55 Å². The molecule has 1 saturated heterocycles. The monoisotopic (exact) mass is 281 g/mol. The second-order valence-corrected chi connectivity index (χ2v) is 4.64. The molecule has 0 radical (unpaired) electrons. The molecule has 0 aliphatic carbocycles. The number of thioether (sulfide) groups is 1. The molecule has 17 heavy (non-hydrogen) atoms. The molecule has 2 heterocycles. The van der Waals surface area contributed by atoms with Crippen molar-refractivity contribution >= 4 is 29.4 Å². The lowest BCUT2D eigenvalue weighted by molar-refractivity contribution is -0.00677. The van der Waals surface area contributed by atoms with Crippen LogP contribution in [0.5, 0.6) is 0 Å². The molecule has 1 aliphatic rings. The average Bonchev–Trinajstić information content (AvgIpc) is 2.80. The van der Waals surface area contributed by atoms with Crippen molar-refractivity contribution in [2.75, 3.05) is 17.2 Å². The van der Waals surface area contributed by atoms with Gasteiger partial charge in [-0.05, 0) is 0 Å². The highest BCUT2D eigenvalue weighted by atomic mass is 35.5. The first-order valence-corrected chi connectivity index (χ1v) is 6.11. The van der Waals surface area contributed by atoms with Gasteiger partial charge in [0.05, 0.1) is 12.8 Å². The molecule has 1 aromatic heterocycles. The number of hydrogen-bond acceptors (Lipinski definition) is 6. The van der Waals surface area contributed by atoms with Crippen molar-refractivity contribution in [2.24, 2.45) is 0 Å². The van der Waals surface area contributed by atoms with Gasteiger partial charge in [0.1, 0.15) is 11.7 Å². The molecular weight excluding hydrogens is 273 g/mol. The number of aliphatic hydroxyl groups excluding tert-OH is 1. The number of hydrogen-bond donors (Lipinski definition) is 2. The number of aromatic nitrogens is 2. The lowest BCUT2D eigenvalue weighted by Crippen LogP contribution is -2.29. The van der Waals surface area contributed by atoms with Gasteiger partial charge in [-0.3, -0.25) is 9.40 Å². The molecule has 94 valence electrons. The molecule has 2 atom stereocenters. The van der Waals surface area contributed by atoms with Gasteiger partial charge < -0.3 is 9.84 Å². The number of rotatable bonds is 3. The number of ether oxygens (including phenoxy) is 1. The summed E-state index contributed by atoms with van der Waals surface area (Å²) in [5.74, 6) is -0.627. The summed E-state index contributed by atoms with van der Waals surface area (Å²) >= 11 is 6.54. The Morgan fingerprint density at radius 2 is 2.59 bits per heavy atom. The van der Waals surface area contributed by atoms with E-state index >= 15 is 0 Å². The van der Waals surface area contributed by atoms with E-state index in [0.717, 1.165) is 10.8 Å². The zero-order valence-corrected chi connectivity index (χ0v) is 10.0. The SMILES string of the molecule is O=c1nc(NCl)c(F)cn1C1CS[C@H](CO)O1. The normalized spacial score (nSPS) is 23.9. The van der Waals surface area contributed by atoms with E-state index < -0.39 is 23.2 Å². The third kappa shape index (κ3) is 2.54. The maximum Gasteiger partial charge on any atom is 0.351 e. The van der Waals surface area contributed by atoms with Crippen molar-refractivity contribution in [3.05, 3.63) is 22.5 Å². The summed E-state index contributed by atoms with van der Waals surface area (Å²) in [6, 6.07) is 0. The van der Waals surface area contributed by atoms with Gasteiger partial charge in [0.2, 0.25) is 0 Å². The molecular formula is C8H9ClFN3O3S. The van der Waals surface area contributed by atoms with Crippen LogP contribution in [0, 0.1) is 5.82 Å². The van der Waals surface area contributed by atoms with E-state index in [0.29, 0.717) is 5.75 Å². The van der Waals surface area contributed by atoms with Crippen molar-refractivity contribution in [1.29, 1.82) is 0 Å². The van der Waals surface area contributed by atoms with Gasteiger partial charge in [-0.25, -0.2) is 9.18 Å². The topological polar surface area (TPSA) is 76.4 Å². The summed E-state index contributed by atoms with van der Waals surface area (Å²) in [7, 11) is 0. The Labute approximate surface area is 105 Å². The quantitative estimate of drug-likeness (QED) is 0.787. The van der Waals surface area contributed by atoms with Crippen LogP contribution in [0.3, 0.4) is 0 Å². The summed E-state index contributed by atoms with van der Waals surface area (Å²) in [4.78, 5) is 17.0. The molecule has 0 saturated carbocycles. The third-order valence-electron chi connectivity index (χ3n) is 2.19. The summed E-state index contributed by atoms with van der Waals surface area (Å²) in [5.41, 5.74) is -1.07. The highest BCUT2D eigenvalue weighted by Crippen LogP contribution is 2.30. The highest BCUT2D eigenvalue weighted by molar-refractivity contribution is 8.00. The average molecular weight is 282 g/mol. The Kier molecular flexibility index (Phi) is 3.87. The number of nitrogens with zero attached hydrogens (tertiary/aromatic N) is 2. The maximum absolute atomic E-state index is 13.4. The molecule has 6 nitrogen and oxygen atoms in total. The molecule has 0 aromatic carbocycles. The summed E-state index contributed by atoms with van der Waals surface area (Å²) < 4.78 is 19.7. The van der Waals surface area contributed by atoms with E-state index in [1.54, 1.807) is 0 Å². The molecule has 9 heteroatoms. The number of aliphatic hydroxyl groups is 1. The van der Waals surface area contributed by atoms with Gasteiger partial charge in [-0.15, -0.1) is 11.8 Å². The molecule has 2 rings (SSSR count). The molecule has 0 spiro atoms. The van der Waals surface area contributed by atoms with Gasteiger partial charge in [-0.1, -0.05) is 0 Å². The minimum absolute atomic E-state index is 0.160. The van der Waals surface area contributed by atoms with E-state index in [9.17, 15) is 9.18 Å². The lowest BCUT2D eigenvalue weighted by Gasteiger charge is -2.14. The molecule has 2 N–H and O–H groups in total. The predicted molar refractivity (Wildman–Crippen MR) is 61.4 cm³/mol. The summed E-state index contributed by atoms with van der Waals surface area (Å²) in [5, 5.41) is 8.89. The smallest absolute Gasteiger partial charge is 0.351 e. The van der Waals surface area contributed by atoms with E-state index in [4.69, 9.17) is 21.6 Å². The van der Waals surface area contributed by atoms with Gasteiger partial charge >= 0.3 is 5.69 Å². The second kappa shape index (κ2) is 5.21. The summed E-state index contributed by atoms with van der Waals surface area (Å²) in [6.45, 7) is -0.160. The molecule has 1 fully saturated rings. The standard InChI is InChI=1S/C8H9ClFN3O3S/c9-12-7-4(10)1-13(8(15)11-7)5-3-17-6(2-14)16-5/h1,5-6,14H,2-3H2,(H,11,12,15)/t5?,6-/m1/s1. The van der Waals surface area contributed by atoms with Crippen LogP contribution in [0.25, 0.3) is 0 Å². The van der Waals surface area contributed by atoms with Gasteiger partial charge in [0, 0.05) is 17.5 Å². The van der Waals surface area contributed by atoms with Crippen molar-refractivity contribution < 1.29 is 14.2 Å². The van der Waals surface area contributed by atoms with Crippen LogP contribution < -0.4 is 10.5 Å². The van der Waals surface area contributed by atoms with Gasteiger partial charge in [0.15, 0.2) is 11.6 Å². The number of nitrogens with one attached hydrogen (secondary N) is 1. The van der Waals surface area contributed by atoms with Crippen LogP contribution in [0.1, 0.15) is 6.23 Å². The predicted octanol–water partition coefficient (Wildman–Crippen LogP) is 0.528. The highest BCUT2D eigenvalue weighted by Gasteiger charge is 2.28. The van der Waals surface area contributed by atoms with Crippen LogP contribution in [-0.2, 0) is 4.74 Å².